The highest BCUT2D eigenvalue weighted by atomic mass is 19.1. The van der Waals surface area contributed by atoms with Crippen LogP contribution in [0.1, 0.15) is 0 Å². The van der Waals surface area contributed by atoms with Crippen LogP contribution in [0.3, 0.4) is 0 Å². The van der Waals surface area contributed by atoms with Gasteiger partial charge in [-0.25, -0.2) is 4.98 Å². The van der Waals surface area contributed by atoms with Gasteiger partial charge in [0, 0.05) is 17.8 Å². The summed E-state index contributed by atoms with van der Waals surface area (Å²) in [5.74, 6) is 0. The molecule has 2 aromatic heterocycles. The summed E-state index contributed by atoms with van der Waals surface area (Å²) < 4.78 is 12.3. The summed E-state index contributed by atoms with van der Waals surface area (Å²) in [6.07, 6.45) is 2.43. The average molecular weight is 137 g/mol. The Morgan fingerprint density at radius 1 is 1.50 bits per heavy atom. The molecule has 0 atom stereocenters. The quantitative estimate of drug-likeness (QED) is 0.552. The maximum atomic E-state index is 12.3. The molecule has 0 amide bonds. The maximum Gasteiger partial charge on any atom is 0.310 e. The van der Waals surface area contributed by atoms with Gasteiger partial charge in [-0.3, -0.25) is 0 Å². The minimum Gasteiger partial charge on any atom is -0.346 e. The first-order valence-electron chi connectivity index (χ1n) is 2.82. The van der Waals surface area contributed by atoms with Gasteiger partial charge in [0.1, 0.15) is 5.65 Å². The van der Waals surface area contributed by atoms with Crippen molar-refractivity contribution >= 4 is 11.0 Å². The molecule has 0 fully saturated rings. The van der Waals surface area contributed by atoms with Gasteiger partial charge in [0.05, 0.1) is 0 Å². The molecule has 0 aliphatic carbocycles. The van der Waals surface area contributed by atoms with E-state index in [1.54, 1.807) is 12.3 Å². The van der Waals surface area contributed by atoms with Crippen LogP contribution in [-0.4, -0.2) is 15.0 Å². The number of aromatic amines is 1. The average Bonchev–Trinajstić information content (AvgIpc) is 2.33. The second-order valence-corrected chi connectivity index (χ2v) is 1.92. The van der Waals surface area contributed by atoms with Crippen molar-refractivity contribution in [3.05, 3.63) is 24.5 Å². The monoisotopic (exact) mass is 137 g/mol. The normalized spacial score (nSPS) is 10.5. The SMILES string of the molecule is Fc1ncc2cc[nH]c2n1. The smallest absolute Gasteiger partial charge is 0.310 e. The number of fused-ring (bicyclic) bond motifs is 1. The first-order chi connectivity index (χ1) is 4.86. The summed E-state index contributed by atoms with van der Waals surface area (Å²) in [7, 11) is 0. The number of rotatable bonds is 0. The molecule has 0 aliphatic heterocycles. The van der Waals surface area contributed by atoms with Crippen LogP contribution in [0.15, 0.2) is 18.5 Å². The van der Waals surface area contributed by atoms with Gasteiger partial charge in [-0.2, -0.15) is 9.37 Å². The fourth-order valence-electron chi connectivity index (χ4n) is 0.818. The second-order valence-electron chi connectivity index (χ2n) is 1.92. The molecule has 4 heteroatoms. The van der Waals surface area contributed by atoms with Crippen molar-refractivity contribution in [1.29, 1.82) is 0 Å². The molecule has 1 N–H and O–H groups in total. The topological polar surface area (TPSA) is 41.6 Å². The largest absolute Gasteiger partial charge is 0.346 e. The number of nitrogens with one attached hydrogen (secondary N) is 1. The van der Waals surface area contributed by atoms with Crippen LogP contribution in [0.5, 0.6) is 0 Å². The van der Waals surface area contributed by atoms with E-state index in [2.05, 4.69) is 15.0 Å². The third-order valence-electron chi connectivity index (χ3n) is 1.27. The maximum absolute atomic E-state index is 12.3. The first kappa shape index (κ1) is 5.34. The lowest BCUT2D eigenvalue weighted by Gasteiger charge is -1.85. The third kappa shape index (κ3) is 0.655. The Morgan fingerprint density at radius 2 is 2.40 bits per heavy atom. The molecule has 0 unspecified atom stereocenters. The Hall–Kier alpha value is -1.45. The van der Waals surface area contributed by atoms with Gasteiger partial charge in [-0.1, -0.05) is 0 Å². The second kappa shape index (κ2) is 1.76. The summed E-state index contributed by atoms with van der Waals surface area (Å²) in [6.45, 7) is 0. The number of halogens is 1. The molecule has 10 heavy (non-hydrogen) atoms. The molecular weight excluding hydrogens is 133 g/mol. The number of H-pyrrole nitrogens is 1. The number of aromatic nitrogens is 3. The lowest BCUT2D eigenvalue weighted by molar-refractivity contribution is 0.544. The molecule has 0 bridgehead atoms. The lowest BCUT2D eigenvalue weighted by atomic mass is 10.4. The van der Waals surface area contributed by atoms with Crippen LogP contribution < -0.4 is 0 Å². The molecule has 0 saturated carbocycles. The van der Waals surface area contributed by atoms with E-state index in [0.29, 0.717) is 5.65 Å². The molecule has 50 valence electrons. The molecule has 0 radical (unpaired) electrons. The number of hydrogen-bond acceptors (Lipinski definition) is 2. The van der Waals surface area contributed by atoms with Gasteiger partial charge < -0.3 is 4.98 Å². The Bertz CT molecular complexity index is 355. The van der Waals surface area contributed by atoms with E-state index in [1.807, 2.05) is 0 Å². The Kier molecular flexibility index (Phi) is 0.943. The Morgan fingerprint density at radius 3 is 3.30 bits per heavy atom. The minimum atomic E-state index is -0.699. The van der Waals surface area contributed by atoms with Gasteiger partial charge in [-0.15, -0.1) is 0 Å². The van der Waals surface area contributed by atoms with Crippen molar-refractivity contribution in [2.45, 2.75) is 0 Å². The van der Waals surface area contributed by atoms with Crippen molar-refractivity contribution in [3.63, 3.8) is 0 Å². The van der Waals surface area contributed by atoms with Crippen molar-refractivity contribution < 1.29 is 4.39 Å². The van der Waals surface area contributed by atoms with Crippen molar-refractivity contribution in [2.24, 2.45) is 0 Å². The van der Waals surface area contributed by atoms with Gasteiger partial charge in [0.2, 0.25) is 0 Å². The van der Waals surface area contributed by atoms with Crippen molar-refractivity contribution in [3.8, 4) is 0 Å². The van der Waals surface area contributed by atoms with Crippen molar-refractivity contribution in [1.82, 2.24) is 15.0 Å². The molecule has 2 rings (SSSR count). The van der Waals surface area contributed by atoms with Crippen LogP contribution in [0.4, 0.5) is 4.39 Å². The zero-order valence-corrected chi connectivity index (χ0v) is 5.00. The highest BCUT2D eigenvalue weighted by Crippen LogP contribution is 2.05. The molecule has 0 aromatic carbocycles. The van der Waals surface area contributed by atoms with Crippen LogP contribution >= 0.6 is 0 Å². The minimum absolute atomic E-state index is 0.535. The van der Waals surface area contributed by atoms with E-state index in [4.69, 9.17) is 0 Å². The fourth-order valence-corrected chi connectivity index (χ4v) is 0.818. The number of nitrogens with zero attached hydrogens (tertiary/aromatic N) is 2. The standard InChI is InChI=1S/C6H4FN3/c7-6-9-3-4-1-2-8-5(4)10-6/h1-3H,(H,8,9,10). The summed E-state index contributed by atoms with van der Waals surface area (Å²) in [6, 6.07) is 1.79. The molecule has 0 aliphatic rings. The number of hydrogen-bond donors (Lipinski definition) is 1. The highest BCUT2D eigenvalue weighted by Gasteiger charge is 1.96. The van der Waals surface area contributed by atoms with E-state index >= 15 is 0 Å². The molecule has 2 aromatic rings. The summed E-state index contributed by atoms with van der Waals surface area (Å²) in [4.78, 5) is 9.65. The van der Waals surface area contributed by atoms with E-state index < -0.39 is 6.08 Å². The predicted octanol–water partition coefficient (Wildman–Crippen LogP) is 1.10. The zero-order valence-electron chi connectivity index (χ0n) is 5.00. The van der Waals surface area contributed by atoms with Gasteiger partial charge in [0.15, 0.2) is 0 Å². The highest BCUT2D eigenvalue weighted by molar-refractivity contribution is 5.73. The summed E-state index contributed by atoms with van der Waals surface area (Å²) in [5.41, 5.74) is 0.535. The Labute approximate surface area is 55.9 Å². The molecule has 0 saturated heterocycles. The zero-order chi connectivity index (χ0) is 6.97. The first-order valence-corrected chi connectivity index (χ1v) is 2.82. The summed E-state index contributed by atoms with van der Waals surface area (Å²) >= 11 is 0. The van der Waals surface area contributed by atoms with Crippen molar-refractivity contribution in [2.75, 3.05) is 0 Å². The van der Waals surface area contributed by atoms with Gasteiger partial charge >= 0.3 is 6.08 Å². The van der Waals surface area contributed by atoms with E-state index in [9.17, 15) is 4.39 Å². The fraction of sp³-hybridized carbons (Fsp3) is 0. The van der Waals surface area contributed by atoms with E-state index in [0.717, 1.165) is 5.39 Å². The van der Waals surface area contributed by atoms with Gasteiger partial charge in [0.25, 0.3) is 0 Å². The van der Waals surface area contributed by atoms with Crippen LogP contribution in [0.2, 0.25) is 0 Å². The molecule has 3 nitrogen and oxygen atoms in total. The molecule has 2 heterocycles. The summed E-state index contributed by atoms with van der Waals surface area (Å²) in [5, 5.41) is 0.821. The van der Waals surface area contributed by atoms with Crippen LogP contribution in [0.25, 0.3) is 11.0 Å². The van der Waals surface area contributed by atoms with E-state index in [-0.39, 0.29) is 0 Å². The molecular formula is C6H4FN3. The van der Waals surface area contributed by atoms with Crippen LogP contribution in [0, 0.1) is 6.08 Å². The molecule has 0 spiro atoms. The third-order valence-corrected chi connectivity index (χ3v) is 1.27. The predicted molar refractivity (Wildman–Crippen MR) is 33.8 cm³/mol. The Balaban J connectivity index is 2.86. The van der Waals surface area contributed by atoms with Crippen LogP contribution in [-0.2, 0) is 0 Å². The van der Waals surface area contributed by atoms with Gasteiger partial charge in [-0.05, 0) is 6.07 Å². The van der Waals surface area contributed by atoms with E-state index in [1.165, 1.54) is 6.20 Å². The lowest BCUT2D eigenvalue weighted by Crippen LogP contribution is -1.86.